The van der Waals surface area contributed by atoms with E-state index in [9.17, 15) is 18.0 Å². The molecule has 1 fully saturated rings. The highest BCUT2D eigenvalue weighted by Crippen LogP contribution is 2.34. The van der Waals surface area contributed by atoms with E-state index in [1.54, 1.807) is 18.2 Å². The Bertz CT molecular complexity index is 1100. The second-order valence-electron chi connectivity index (χ2n) is 7.52. The predicted molar refractivity (Wildman–Crippen MR) is 109 cm³/mol. The van der Waals surface area contributed by atoms with Crippen LogP contribution in [0.4, 0.5) is 23.7 Å². The maximum absolute atomic E-state index is 12.9. The van der Waals surface area contributed by atoms with E-state index < -0.39 is 17.9 Å². The van der Waals surface area contributed by atoms with Crippen LogP contribution in [-0.4, -0.2) is 42.3 Å². The van der Waals surface area contributed by atoms with Crippen molar-refractivity contribution in [2.75, 3.05) is 31.1 Å². The van der Waals surface area contributed by atoms with Gasteiger partial charge in [-0.25, -0.2) is 4.79 Å². The molecule has 0 saturated carbocycles. The van der Waals surface area contributed by atoms with Crippen LogP contribution in [0.2, 0.25) is 0 Å². The zero-order valence-electron chi connectivity index (χ0n) is 16.8. The smallest absolute Gasteiger partial charge is 0.449 e. The molecular formula is C22H21F3N2O4. The summed E-state index contributed by atoms with van der Waals surface area (Å²) in [4.78, 5) is 15.1. The molecule has 1 aliphatic heterocycles. The molecule has 0 unspecified atom stereocenters. The molecular weight excluding hydrogens is 413 g/mol. The van der Waals surface area contributed by atoms with Crippen molar-refractivity contribution in [2.45, 2.75) is 19.6 Å². The lowest BCUT2D eigenvalue weighted by Gasteiger charge is -2.37. The van der Waals surface area contributed by atoms with Crippen LogP contribution >= 0.6 is 0 Å². The van der Waals surface area contributed by atoms with Crippen LogP contribution < -0.4 is 9.64 Å². The predicted octanol–water partition coefficient (Wildman–Crippen LogP) is 5.14. The summed E-state index contributed by atoms with van der Waals surface area (Å²) in [6, 6.07) is 10.7. The Kier molecular flexibility index (Phi) is 5.53. The van der Waals surface area contributed by atoms with Gasteiger partial charge in [0.15, 0.2) is 0 Å². The highest BCUT2D eigenvalue weighted by atomic mass is 19.4. The Hall–Kier alpha value is -3.20. The van der Waals surface area contributed by atoms with Gasteiger partial charge in [0.25, 0.3) is 5.95 Å². The molecule has 0 aliphatic carbocycles. The molecule has 6 nitrogen and oxygen atoms in total. The minimum Gasteiger partial charge on any atom is -0.449 e. The lowest BCUT2D eigenvalue weighted by Crippen LogP contribution is -2.46. The van der Waals surface area contributed by atoms with Crippen molar-refractivity contribution in [2.24, 2.45) is 0 Å². The molecule has 3 aromatic rings. The highest BCUT2D eigenvalue weighted by molar-refractivity contribution is 5.88. The van der Waals surface area contributed by atoms with Gasteiger partial charge in [-0.3, -0.25) is 4.90 Å². The van der Waals surface area contributed by atoms with Crippen molar-refractivity contribution in [3.63, 3.8) is 0 Å². The first-order valence-corrected chi connectivity index (χ1v) is 9.78. The Labute approximate surface area is 176 Å². The summed E-state index contributed by atoms with van der Waals surface area (Å²) in [5.41, 5.74) is 2.52. The number of anilines is 1. The maximum atomic E-state index is 12.9. The fraction of sp³-hybridized carbons (Fsp3) is 0.318. The van der Waals surface area contributed by atoms with Gasteiger partial charge < -0.3 is 19.2 Å². The number of aryl methyl sites for hydroxylation is 1. The van der Waals surface area contributed by atoms with Crippen LogP contribution in [0.25, 0.3) is 11.0 Å². The number of carbonyl (C=O) groups is 1. The lowest BCUT2D eigenvalue weighted by molar-refractivity contribution is -0.137. The van der Waals surface area contributed by atoms with E-state index in [0.29, 0.717) is 30.8 Å². The first kappa shape index (κ1) is 21.0. The molecule has 2 heterocycles. The van der Waals surface area contributed by atoms with Gasteiger partial charge in [-0.15, -0.1) is 0 Å². The van der Waals surface area contributed by atoms with E-state index in [-0.39, 0.29) is 5.95 Å². The molecule has 0 atom stereocenters. The molecule has 1 aliphatic rings. The summed E-state index contributed by atoms with van der Waals surface area (Å²) >= 11 is 0. The summed E-state index contributed by atoms with van der Waals surface area (Å²) in [5, 5.41) is 9.53. The standard InChI is InChI=1S/C22H21F3N2O4/c1-14-17-12-20(31-21(28)29)30-19(17)6-5-18(14)27-9-7-26(8-10-27)13-15-3-2-4-16(11-15)22(23,24)25/h2-6,11-12H,7-10,13H2,1H3,(H,28,29). The molecule has 1 N–H and O–H groups in total. The van der Waals surface area contributed by atoms with Gasteiger partial charge in [0.1, 0.15) is 5.58 Å². The minimum atomic E-state index is -4.34. The van der Waals surface area contributed by atoms with Crippen LogP contribution in [0.5, 0.6) is 5.95 Å². The van der Waals surface area contributed by atoms with Crippen molar-refractivity contribution in [3.05, 3.63) is 59.2 Å². The van der Waals surface area contributed by atoms with Crippen LogP contribution in [0, 0.1) is 6.92 Å². The zero-order chi connectivity index (χ0) is 22.2. The normalized spacial score (nSPS) is 15.4. The second-order valence-corrected chi connectivity index (χ2v) is 7.52. The van der Waals surface area contributed by atoms with Gasteiger partial charge in [0.2, 0.25) is 0 Å². The molecule has 2 aromatic carbocycles. The van der Waals surface area contributed by atoms with Gasteiger partial charge >= 0.3 is 12.3 Å². The number of alkyl halides is 3. The number of ether oxygens (including phenoxy) is 1. The topological polar surface area (TPSA) is 66.2 Å². The Balaban J connectivity index is 1.43. The van der Waals surface area contributed by atoms with Crippen molar-refractivity contribution in [1.29, 1.82) is 0 Å². The number of hydrogen-bond acceptors (Lipinski definition) is 5. The highest BCUT2D eigenvalue weighted by Gasteiger charge is 2.30. The molecule has 0 spiro atoms. The largest absolute Gasteiger partial charge is 0.513 e. The lowest BCUT2D eigenvalue weighted by atomic mass is 10.1. The number of nitrogens with zero attached hydrogens (tertiary/aromatic N) is 2. The van der Waals surface area contributed by atoms with Gasteiger partial charge in [-0.05, 0) is 36.2 Å². The molecule has 0 amide bonds. The summed E-state index contributed by atoms with van der Waals surface area (Å²) in [6.07, 6.45) is -5.78. The third-order valence-corrected chi connectivity index (χ3v) is 5.48. The van der Waals surface area contributed by atoms with Crippen LogP contribution in [0.3, 0.4) is 0 Å². The summed E-state index contributed by atoms with van der Waals surface area (Å²) in [5.74, 6) is -0.0753. The average Bonchev–Trinajstić information content (AvgIpc) is 3.11. The third-order valence-electron chi connectivity index (χ3n) is 5.48. The van der Waals surface area contributed by atoms with Crippen molar-refractivity contribution < 1.29 is 32.2 Å². The number of piperazine rings is 1. The first-order chi connectivity index (χ1) is 14.7. The van der Waals surface area contributed by atoms with E-state index in [1.165, 1.54) is 12.1 Å². The molecule has 0 radical (unpaired) electrons. The van der Waals surface area contributed by atoms with E-state index in [1.807, 2.05) is 13.0 Å². The number of hydrogen-bond donors (Lipinski definition) is 1. The number of carboxylic acid groups (broad SMARTS) is 1. The number of rotatable bonds is 4. The number of furan rings is 1. The summed E-state index contributed by atoms with van der Waals surface area (Å²) < 4.78 is 48.8. The molecule has 31 heavy (non-hydrogen) atoms. The van der Waals surface area contributed by atoms with E-state index in [4.69, 9.17) is 9.52 Å². The van der Waals surface area contributed by atoms with Crippen LogP contribution in [0.1, 0.15) is 16.7 Å². The Morgan fingerprint density at radius 2 is 1.87 bits per heavy atom. The number of halogens is 3. The average molecular weight is 434 g/mol. The monoisotopic (exact) mass is 434 g/mol. The van der Waals surface area contributed by atoms with Gasteiger partial charge in [-0.1, -0.05) is 18.2 Å². The van der Waals surface area contributed by atoms with E-state index in [2.05, 4.69) is 14.5 Å². The number of fused-ring (bicyclic) bond motifs is 1. The fourth-order valence-corrected chi connectivity index (χ4v) is 3.95. The summed E-state index contributed by atoms with van der Waals surface area (Å²) in [6.45, 7) is 5.28. The van der Waals surface area contributed by atoms with Gasteiger partial charge in [0, 0.05) is 49.9 Å². The minimum absolute atomic E-state index is 0.0753. The van der Waals surface area contributed by atoms with Gasteiger partial charge in [0.05, 0.1) is 5.56 Å². The third kappa shape index (κ3) is 4.61. The van der Waals surface area contributed by atoms with Crippen molar-refractivity contribution in [1.82, 2.24) is 4.90 Å². The van der Waals surface area contributed by atoms with Crippen LogP contribution in [0.15, 0.2) is 46.9 Å². The summed E-state index contributed by atoms with van der Waals surface area (Å²) in [7, 11) is 0. The molecule has 164 valence electrons. The molecule has 0 bridgehead atoms. The first-order valence-electron chi connectivity index (χ1n) is 9.78. The quantitative estimate of drug-likeness (QED) is 0.574. The van der Waals surface area contributed by atoms with E-state index >= 15 is 0 Å². The second kappa shape index (κ2) is 8.14. The zero-order valence-corrected chi connectivity index (χ0v) is 16.8. The molecule has 9 heteroatoms. The molecule has 1 saturated heterocycles. The maximum Gasteiger partial charge on any atom is 0.513 e. The van der Waals surface area contributed by atoms with Crippen LogP contribution in [-0.2, 0) is 12.7 Å². The van der Waals surface area contributed by atoms with Gasteiger partial charge in [-0.2, -0.15) is 13.2 Å². The fourth-order valence-electron chi connectivity index (χ4n) is 3.95. The number of benzene rings is 2. The Morgan fingerprint density at radius 1 is 1.13 bits per heavy atom. The molecule has 1 aromatic heterocycles. The van der Waals surface area contributed by atoms with Crippen molar-refractivity contribution in [3.8, 4) is 5.95 Å². The van der Waals surface area contributed by atoms with E-state index in [0.717, 1.165) is 35.8 Å². The van der Waals surface area contributed by atoms with Crippen molar-refractivity contribution >= 4 is 22.8 Å². The molecule has 4 rings (SSSR count). The SMILES string of the molecule is Cc1c(N2CCN(Cc3cccc(C(F)(F)F)c3)CC2)ccc2oc(OC(=O)O)cc12. The Morgan fingerprint density at radius 3 is 2.55 bits per heavy atom.